The van der Waals surface area contributed by atoms with Crippen LogP contribution in [0.1, 0.15) is 27.8 Å². The van der Waals surface area contributed by atoms with Crippen LogP contribution in [0.4, 0.5) is 23.2 Å². The van der Waals surface area contributed by atoms with Gasteiger partial charge in [-0.05, 0) is 29.3 Å². The van der Waals surface area contributed by atoms with Crippen LogP contribution in [0.25, 0.3) is 0 Å². The molecule has 1 atom stereocenters. The molecule has 0 aliphatic carbocycles. The second kappa shape index (κ2) is 6.82. The highest BCUT2D eigenvalue weighted by Crippen LogP contribution is 2.53. The fraction of sp³-hybridized carbons (Fsp3) is 0.167. The number of hydrogen-bond donors (Lipinski definition) is 0. The largest absolute Gasteiger partial charge is 0.491 e. The van der Waals surface area contributed by atoms with Gasteiger partial charge < -0.3 is 9.64 Å². The molecule has 5 rings (SSSR count). The molecule has 0 bridgehead atoms. The molecule has 2 aliphatic heterocycles. The van der Waals surface area contributed by atoms with Crippen molar-refractivity contribution in [2.24, 2.45) is 0 Å². The average Bonchev–Trinajstić information content (AvgIpc) is 3.25. The van der Waals surface area contributed by atoms with Crippen molar-refractivity contribution < 1.29 is 27.1 Å². The van der Waals surface area contributed by atoms with E-state index in [1.165, 1.54) is 29.2 Å². The number of nitriles is 1. The van der Waals surface area contributed by atoms with Crippen LogP contribution in [0.2, 0.25) is 0 Å². The number of rotatable bonds is 2. The van der Waals surface area contributed by atoms with Crippen LogP contribution in [-0.2, 0) is 22.9 Å². The highest BCUT2D eigenvalue weighted by atomic mass is 19.4. The number of carbonyl (C=O) groups excluding carboxylic acids is 1. The molecule has 1 amide bonds. The van der Waals surface area contributed by atoms with Crippen LogP contribution >= 0.6 is 0 Å². The molecule has 0 saturated heterocycles. The molecule has 3 aromatic rings. The molecule has 4 nitrogen and oxygen atoms in total. The number of carbonyl (C=O) groups is 1. The number of halogens is 4. The predicted octanol–water partition coefficient (Wildman–Crippen LogP) is 4.94. The Morgan fingerprint density at radius 2 is 1.78 bits per heavy atom. The van der Waals surface area contributed by atoms with Crippen molar-refractivity contribution in [1.29, 1.82) is 5.26 Å². The molecular weight excluding hydrogens is 424 g/mol. The first-order valence-corrected chi connectivity index (χ1v) is 9.71. The average molecular weight is 438 g/mol. The fourth-order valence-corrected chi connectivity index (χ4v) is 4.54. The zero-order chi connectivity index (χ0) is 22.7. The Hall–Kier alpha value is -3.86. The molecule has 1 spiro atoms. The monoisotopic (exact) mass is 438 g/mol. The van der Waals surface area contributed by atoms with Crippen molar-refractivity contribution in [1.82, 2.24) is 0 Å². The lowest BCUT2D eigenvalue weighted by Gasteiger charge is -2.24. The number of ether oxygens (including phenoxy) is 1. The quantitative estimate of drug-likeness (QED) is 0.533. The normalized spacial score (nSPS) is 19.0. The summed E-state index contributed by atoms with van der Waals surface area (Å²) in [6.07, 6.45) is -4.57. The van der Waals surface area contributed by atoms with Crippen molar-refractivity contribution in [3.63, 3.8) is 0 Å². The minimum atomic E-state index is -4.57. The van der Waals surface area contributed by atoms with Crippen molar-refractivity contribution in [3.8, 4) is 11.8 Å². The molecule has 0 unspecified atom stereocenters. The molecular formula is C24H14F4N2O2. The van der Waals surface area contributed by atoms with Crippen molar-refractivity contribution in [2.75, 3.05) is 11.5 Å². The lowest BCUT2D eigenvalue weighted by molar-refractivity contribution is -0.138. The van der Waals surface area contributed by atoms with E-state index in [9.17, 15) is 27.6 Å². The molecule has 0 N–H and O–H groups in total. The van der Waals surface area contributed by atoms with E-state index >= 15 is 0 Å². The maximum atomic E-state index is 14.1. The lowest BCUT2D eigenvalue weighted by atomic mass is 9.76. The summed E-state index contributed by atoms with van der Waals surface area (Å²) in [5.74, 6) is -1.11. The van der Waals surface area contributed by atoms with Crippen LogP contribution in [0.15, 0.2) is 60.7 Å². The first-order chi connectivity index (χ1) is 15.3. The number of nitrogens with zero attached hydrogens (tertiary/aromatic N) is 2. The van der Waals surface area contributed by atoms with Crippen LogP contribution in [0.5, 0.6) is 5.75 Å². The molecule has 8 heteroatoms. The second-order valence-corrected chi connectivity index (χ2v) is 7.70. The van der Waals surface area contributed by atoms with Crippen LogP contribution in [-0.4, -0.2) is 12.5 Å². The van der Waals surface area contributed by atoms with E-state index in [0.29, 0.717) is 16.8 Å². The van der Waals surface area contributed by atoms with Gasteiger partial charge in [-0.25, -0.2) is 4.39 Å². The summed E-state index contributed by atoms with van der Waals surface area (Å²) in [4.78, 5) is 15.1. The SMILES string of the molecule is N#Cc1cc2c(cc1F)OC[C@]21C(=O)N(Cc2ccccc2C(F)(F)F)c2ccccc21. The van der Waals surface area contributed by atoms with Gasteiger partial charge in [0.1, 0.15) is 29.7 Å². The van der Waals surface area contributed by atoms with Gasteiger partial charge in [0.25, 0.3) is 0 Å². The number of hydrogen-bond acceptors (Lipinski definition) is 3. The molecule has 0 aromatic heterocycles. The summed E-state index contributed by atoms with van der Waals surface area (Å²) in [6, 6.07) is 16.0. The molecule has 32 heavy (non-hydrogen) atoms. The Labute approximate surface area is 180 Å². The zero-order valence-corrected chi connectivity index (χ0v) is 16.4. The zero-order valence-electron chi connectivity index (χ0n) is 16.4. The minimum absolute atomic E-state index is 0.0452. The third-order valence-corrected chi connectivity index (χ3v) is 6.01. The molecule has 160 valence electrons. The molecule has 0 radical (unpaired) electrons. The van der Waals surface area contributed by atoms with Crippen molar-refractivity contribution in [2.45, 2.75) is 18.1 Å². The minimum Gasteiger partial charge on any atom is -0.491 e. The molecule has 0 fully saturated rings. The number of anilines is 1. The Kier molecular flexibility index (Phi) is 4.28. The van der Waals surface area contributed by atoms with E-state index in [1.54, 1.807) is 30.3 Å². The van der Waals surface area contributed by atoms with Crippen LogP contribution in [0, 0.1) is 17.1 Å². The summed E-state index contributed by atoms with van der Waals surface area (Å²) in [5.41, 5.74) is -1.13. The van der Waals surface area contributed by atoms with Gasteiger partial charge in [-0.2, -0.15) is 18.4 Å². The number of para-hydroxylation sites is 1. The van der Waals surface area contributed by atoms with Gasteiger partial charge in [0.15, 0.2) is 0 Å². The Morgan fingerprint density at radius 1 is 1.06 bits per heavy atom. The smallest absolute Gasteiger partial charge is 0.416 e. The van der Waals surface area contributed by atoms with Gasteiger partial charge >= 0.3 is 6.18 Å². The third kappa shape index (κ3) is 2.71. The highest BCUT2D eigenvalue weighted by molar-refractivity contribution is 6.11. The summed E-state index contributed by atoms with van der Waals surface area (Å²) < 4.78 is 60.4. The molecule has 2 aliphatic rings. The number of benzene rings is 3. The lowest BCUT2D eigenvalue weighted by Crippen LogP contribution is -2.42. The van der Waals surface area contributed by atoms with E-state index < -0.39 is 28.9 Å². The van der Waals surface area contributed by atoms with Gasteiger partial charge in [0.05, 0.1) is 17.7 Å². The number of fused-ring (bicyclic) bond motifs is 4. The summed E-state index contributed by atoms with van der Waals surface area (Å²) >= 11 is 0. The van der Waals surface area contributed by atoms with E-state index in [-0.39, 0.29) is 30.0 Å². The Balaban J connectivity index is 1.66. The second-order valence-electron chi connectivity index (χ2n) is 7.70. The molecule has 0 saturated carbocycles. The van der Waals surface area contributed by atoms with Crippen molar-refractivity contribution in [3.05, 3.63) is 94.3 Å². The van der Waals surface area contributed by atoms with Crippen LogP contribution < -0.4 is 9.64 Å². The Bertz CT molecular complexity index is 1310. The molecule has 2 heterocycles. The Morgan fingerprint density at radius 3 is 2.53 bits per heavy atom. The fourth-order valence-electron chi connectivity index (χ4n) is 4.54. The van der Waals surface area contributed by atoms with Gasteiger partial charge in [0.2, 0.25) is 5.91 Å². The summed E-state index contributed by atoms with van der Waals surface area (Å²) in [5, 5.41) is 9.26. The highest BCUT2D eigenvalue weighted by Gasteiger charge is 2.57. The van der Waals surface area contributed by atoms with Gasteiger partial charge in [-0.15, -0.1) is 0 Å². The topological polar surface area (TPSA) is 53.3 Å². The van der Waals surface area contributed by atoms with Gasteiger partial charge in [0, 0.05) is 17.3 Å². The number of amides is 1. The van der Waals surface area contributed by atoms with E-state index in [4.69, 9.17) is 4.74 Å². The number of alkyl halides is 3. The maximum Gasteiger partial charge on any atom is 0.416 e. The first kappa shape index (κ1) is 20.1. The van der Waals surface area contributed by atoms with Gasteiger partial charge in [-0.1, -0.05) is 36.4 Å². The van der Waals surface area contributed by atoms with Crippen LogP contribution in [0.3, 0.4) is 0 Å². The maximum absolute atomic E-state index is 14.1. The van der Waals surface area contributed by atoms with Gasteiger partial charge in [-0.3, -0.25) is 4.79 Å². The predicted molar refractivity (Wildman–Crippen MR) is 106 cm³/mol. The summed E-state index contributed by atoms with van der Waals surface area (Å²) in [7, 11) is 0. The van der Waals surface area contributed by atoms with Crippen molar-refractivity contribution >= 4 is 11.6 Å². The van der Waals surface area contributed by atoms with E-state index in [0.717, 1.165) is 12.1 Å². The standard InChI is InChI=1S/C24H14F4N2O2/c25-19-10-21-18(9-15(19)11-29)23(13-32-21)17-7-3-4-8-20(17)30(22(23)31)12-14-5-1-2-6-16(14)24(26,27)28/h1-10H,12-13H2/t23-/m1/s1. The summed E-state index contributed by atoms with van der Waals surface area (Å²) in [6.45, 7) is -0.432. The third-order valence-electron chi connectivity index (χ3n) is 6.01. The first-order valence-electron chi connectivity index (χ1n) is 9.71. The van der Waals surface area contributed by atoms with E-state index in [1.807, 2.05) is 0 Å². The van der Waals surface area contributed by atoms with E-state index in [2.05, 4.69) is 0 Å². The molecule has 3 aromatic carbocycles.